The summed E-state index contributed by atoms with van der Waals surface area (Å²) in [7, 11) is 0. The van der Waals surface area contributed by atoms with E-state index in [2.05, 4.69) is 42.7 Å². The molecule has 0 saturated heterocycles. The molecule has 1 amide bonds. The molecule has 3 aromatic rings. The highest BCUT2D eigenvalue weighted by molar-refractivity contribution is 5.91. The lowest BCUT2D eigenvalue weighted by Gasteiger charge is -2.12. The number of anilines is 2. The van der Waals surface area contributed by atoms with Gasteiger partial charge in [-0.1, -0.05) is 42.5 Å². The van der Waals surface area contributed by atoms with Gasteiger partial charge < -0.3 is 15.4 Å². The molecule has 27 heavy (non-hydrogen) atoms. The molecule has 0 saturated carbocycles. The summed E-state index contributed by atoms with van der Waals surface area (Å²) in [6, 6.07) is 23.4. The van der Waals surface area contributed by atoms with Gasteiger partial charge in [-0.2, -0.15) is 0 Å². The van der Waals surface area contributed by atoms with Crippen molar-refractivity contribution >= 4 is 17.3 Å². The van der Waals surface area contributed by atoms with Crippen LogP contribution in [0.5, 0.6) is 5.75 Å². The van der Waals surface area contributed by atoms with Crippen LogP contribution in [0, 0.1) is 13.8 Å². The van der Waals surface area contributed by atoms with Gasteiger partial charge in [0, 0.05) is 17.9 Å². The fourth-order valence-electron chi connectivity index (χ4n) is 2.75. The Bertz CT molecular complexity index is 907. The number of nitrogens with one attached hydrogen (secondary N) is 2. The van der Waals surface area contributed by atoms with Gasteiger partial charge in [0.05, 0.1) is 0 Å². The van der Waals surface area contributed by atoms with Gasteiger partial charge in [-0.25, -0.2) is 0 Å². The average molecular weight is 360 g/mol. The zero-order chi connectivity index (χ0) is 19.1. The van der Waals surface area contributed by atoms with Crippen LogP contribution in [0.15, 0.2) is 72.8 Å². The summed E-state index contributed by atoms with van der Waals surface area (Å²) in [4.78, 5) is 12.0. The van der Waals surface area contributed by atoms with Crippen molar-refractivity contribution < 1.29 is 9.53 Å². The molecule has 0 spiro atoms. The van der Waals surface area contributed by atoms with Crippen molar-refractivity contribution in [2.24, 2.45) is 0 Å². The maximum atomic E-state index is 12.0. The Balaban J connectivity index is 1.54. The summed E-state index contributed by atoms with van der Waals surface area (Å²) in [5, 5.41) is 6.27. The van der Waals surface area contributed by atoms with Crippen LogP contribution in [0.3, 0.4) is 0 Å². The van der Waals surface area contributed by atoms with E-state index in [1.54, 1.807) is 0 Å². The smallest absolute Gasteiger partial charge is 0.262 e. The largest absolute Gasteiger partial charge is 0.484 e. The van der Waals surface area contributed by atoms with Crippen molar-refractivity contribution in [1.29, 1.82) is 0 Å². The molecule has 2 N–H and O–H groups in total. The van der Waals surface area contributed by atoms with E-state index in [-0.39, 0.29) is 12.5 Å². The number of benzene rings is 3. The highest BCUT2D eigenvalue weighted by Gasteiger charge is 2.05. The summed E-state index contributed by atoms with van der Waals surface area (Å²) < 4.78 is 5.64. The number of amides is 1. The van der Waals surface area contributed by atoms with Gasteiger partial charge >= 0.3 is 0 Å². The molecule has 0 unspecified atom stereocenters. The Labute approximate surface area is 160 Å². The number of hydrogen-bond acceptors (Lipinski definition) is 3. The predicted octanol–water partition coefficient (Wildman–Crippen LogP) is 4.93. The first-order chi connectivity index (χ1) is 13.1. The van der Waals surface area contributed by atoms with E-state index in [0.29, 0.717) is 12.3 Å². The van der Waals surface area contributed by atoms with Gasteiger partial charge in [-0.3, -0.25) is 4.79 Å². The lowest BCUT2D eigenvalue weighted by atomic mass is 10.1. The minimum Gasteiger partial charge on any atom is -0.484 e. The minimum atomic E-state index is -0.180. The minimum absolute atomic E-state index is 0.0250. The molecule has 0 heterocycles. The molecule has 0 bridgehead atoms. The maximum absolute atomic E-state index is 12.0. The number of aryl methyl sites for hydroxylation is 1. The van der Waals surface area contributed by atoms with E-state index in [9.17, 15) is 4.79 Å². The molecule has 0 aliphatic rings. The van der Waals surface area contributed by atoms with Gasteiger partial charge in [0.2, 0.25) is 0 Å². The van der Waals surface area contributed by atoms with Crippen LogP contribution in [-0.2, 0) is 11.3 Å². The van der Waals surface area contributed by atoms with Gasteiger partial charge in [0.15, 0.2) is 6.61 Å². The molecule has 4 nitrogen and oxygen atoms in total. The van der Waals surface area contributed by atoms with Crippen molar-refractivity contribution in [3.05, 3.63) is 89.5 Å². The summed E-state index contributed by atoms with van der Waals surface area (Å²) in [5.74, 6) is 0.499. The van der Waals surface area contributed by atoms with Crippen LogP contribution in [-0.4, -0.2) is 12.5 Å². The number of hydrogen-bond donors (Lipinski definition) is 2. The van der Waals surface area contributed by atoms with Crippen molar-refractivity contribution in [2.75, 3.05) is 17.2 Å². The fourth-order valence-corrected chi connectivity index (χ4v) is 2.75. The monoisotopic (exact) mass is 360 g/mol. The molecule has 3 rings (SSSR count). The standard InChI is InChI=1S/C23H24N2O2/c1-17-8-6-13-22(18(17)2)24-15-19-9-7-12-21(14-19)27-16-23(26)25-20-10-4-3-5-11-20/h3-14,24H,15-16H2,1-2H3,(H,25,26). The van der Waals surface area contributed by atoms with Crippen LogP contribution < -0.4 is 15.4 Å². The molecule has 0 fully saturated rings. The second kappa shape index (κ2) is 8.90. The molecule has 0 aliphatic carbocycles. The van der Waals surface area contributed by atoms with Gasteiger partial charge in [-0.05, 0) is 60.9 Å². The van der Waals surface area contributed by atoms with Gasteiger partial charge in [0.25, 0.3) is 5.91 Å². The lowest BCUT2D eigenvalue weighted by Crippen LogP contribution is -2.20. The van der Waals surface area contributed by atoms with Crippen LogP contribution >= 0.6 is 0 Å². The molecule has 138 valence electrons. The van der Waals surface area contributed by atoms with E-state index in [0.717, 1.165) is 16.9 Å². The molecule has 4 heteroatoms. The average Bonchev–Trinajstić information content (AvgIpc) is 2.69. The maximum Gasteiger partial charge on any atom is 0.262 e. The van der Waals surface area contributed by atoms with Crippen molar-refractivity contribution in [1.82, 2.24) is 0 Å². The molecule has 3 aromatic carbocycles. The van der Waals surface area contributed by atoms with E-state index < -0.39 is 0 Å². The SMILES string of the molecule is Cc1cccc(NCc2cccc(OCC(=O)Nc3ccccc3)c2)c1C. The third kappa shape index (κ3) is 5.35. The predicted molar refractivity (Wildman–Crippen MR) is 110 cm³/mol. The van der Waals surface area contributed by atoms with Gasteiger partial charge in [0.1, 0.15) is 5.75 Å². The molecule has 0 radical (unpaired) electrons. The zero-order valence-corrected chi connectivity index (χ0v) is 15.7. The number of rotatable bonds is 7. The number of carbonyl (C=O) groups excluding carboxylic acids is 1. The molecule has 0 atom stereocenters. The second-order valence-corrected chi connectivity index (χ2v) is 6.45. The van der Waals surface area contributed by atoms with E-state index in [1.807, 2.05) is 54.6 Å². The first kappa shape index (κ1) is 18.5. The Hall–Kier alpha value is -3.27. The summed E-state index contributed by atoms with van der Waals surface area (Å²) in [6.07, 6.45) is 0. The Morgan fingerprint density at radius 3 is 2.52 bits per heavy atom. The van der Waals surface area contributed by atoms with Crippen LogP contribution in [0.25, 0.3) is 0 Å². The van der Waals surface area contributed by atoms with Crippen LogP contribution in [0.4, 0.5) is 11.4 Å². The van der Waals surface area contributed by atoms with E-state index in [4.69, 9.17) is 4.74 Å². The quantitative estimate of drug-likeness (QED) is 0.628. The van der Waals surface area contributed by atoms with Crippen molar-refractivity contribution in [3.8, 4) is 5.75 Å². The Morgan fingerprint density at radius 2 is 1.70 bits per heavy atom. The van der Waals surface area contributed by atoms with Crippen LogP contribution in [0.1, 0.15) is 16.7 Å². The van der Waals surface area contributed by atoms with E-state index in [1.165, 1.54) is 11.1 Å². The number of para-hydroxylation sites is 1. The van der Waals surface area contributed by atoms with Crippen molar-refractivity contribution in [3.63, 3.8) is 0 Å². The lowest BCUT2D eigenvalue weighted by molar-refractivity contribution is -0.118. The third-order valence-electron chi connectivity index (χ3n) is 4.41. The zero-order valence-electron chi connectivity index (χ0n) is 15.7. The summed E-state index contributed by atoms with van der Waals surface area (Å²) >= 11 is 0. The molecular formula is C23H24N2O2. The molecular weight excluding hydrogens is 336 g/mol. The number of carbonyl (C=O) groups is 1. The first-order valence-electron chi connectivity index (χ1n) is 8.98. The molecule has 0 aromatic heterocycles. The summed E-state index contributed by atoms with van der Waals surface area (Å²) in [5.41, 5.74) is 5.50. The second-order valence-electron chi connectivity index (χ2n) is 6.45. The highest BCUT2D eigenvalue weighted by Crippen LogP contribution is 2.20. The fraction of sp³-hybridized carbons (Fsp3) is 0.174. The third-order valence-corrected chi connectivity index (χ3v) is 4.41. The van der Waals surface area contributed by atoms with Crippen molar-refractivity contribution in [2.45, 2.75) is 20.4 Å². The first-order valence-corrected chi connectivity index (χ1v) is 8.98. The van der Waals surface area contributed by atoms with E-state index >= 15 is 0 Å². The van der Waals surface area contributed by atoms with Gasteiger partial charge in [-0.15, -0.1) is 0 Å². The Kier molecular flexibility index (Phi) is 6.10. The summed E-state index contributed by atoms with van der Waals surface area (Å²) in [6.45, 7) is 4.89. The number of ether oxygens (including phenoxy) is 1. The molecule has 0 aliphatic heterocycles. The highest BCUT2D eigenvalue weighted by atomic mass is 16.5. The Morgan fingerprint density at radius 1 is 0.926 bits per heavy atom. The van der Waals surface area contributed by atoms with Crippen LogP contribution in [0.2, 0.25) is 0 Å². The topological polar surface area (TPSA) is 50.4 Å². The normalized spacial score (nSPS) is 10.3.